The van der Waals surface area contributed by atoms with Gasteiger partial charge in [0, 0.05) is 32.6 Å². The molecule has 3 aliphatic rings. The summed E-state index contributed by atoms with van der Waals surface area (Å²) >= 11 is 0. The van der Waals surface area contributed by atoms with E-state index < -0.39 is 51.1 Å². The van der Waals surface area contributed by atoms with Crippen LogP contribution in [0.3, 0.4) is 0 Å². The van der Waals surface area contributed by atoms with E-state index in [2.05, 4.69) is 76.4 Å². The third kappa shape index (κ3) is 10.2. The molecule has 7 atom stereocenters. The number of hydrogen-bond acceptors (Lipinski definition) is 13. The molecule has 3 aromatic rings. The molecule has 0 radical (unpaired) electrons. The number of benzene rings is 3. The van der Waals surface area contributed by atoms with E-state index in [1.807, 2.05) is 85.7 Å². The number of nitriles is 1. The van der Waals surface area contributed by atoms with Gasteiger partial charge in [-0.15, -0.1) is 0 Å². The summed E-state index contributed by atoms with van der Waals surface area (Å²) in [6, 6.07) is 27.9. The molecule has 318 valence electrons. The standard InChI is InChI=1S/C43H59N8O7P/c1-29(2)51(30(3)4)59(56-24-12-23-44)58-36-25-38(50-28-45-39-40(50)47-42(48-41(39)52)46-27-49(5)6)57-37(36)26-55-43(31-13-10-9-11-14-31,32-15-19-34(53-7)20-16-32)33-17-21-35(54-8)22-18-33/h9-11,13-22,27,29-30,36-40,42,45,47H,12,24-26,28H2,1-8H3,(H,48,52)/b46-27+/t36-,37+,38+,39?,40?,42?,59?/m0/s1. The van der Waals surface area contributed by atoms with Gasteiger partial charge in [-0.1, -0.05) is 54.6 Å². The molecule has 0 bridgehead atoms. The smallest absolute Gasteiger partial charge is 0.259 e. The summed E-state index contributed by atoms with van der Waals surface area (Å²) in [5, 5.41) is 19.2. The van der Waals surface area contributed by atoms with Gasteiger partial charge in [0.15, 0.2) is 6.29 Å². The molecule has 3 saturated heterocycles. The van der Waals surface area contributed by atoms with Gasteiger partial charge < -0.3 is 38.2 Å². The van der Waals surface area contributed by atoms with Crippen molar-refractivity contribution in [2.24, 2.45) is 4.99 Å². The number of amides is 1. The van der Waals surface area contributed by atoms with Crippen molar-refractivity contribution in [1.82, 2.24) is 30.4 Å². The van der Waals surface area contributed by atoms with Gasteiger partial charge in [0.05, 0.1) is 65.2 Å². The summed E-state index contributed by atoms with van der Waals surface area (Å²) < 4.78 is 41.2. The highest BCUT2D eigenvalue weighted by molar-refractivity contribution is 7.44. The van der Waals surface area contributed by atoms with Gasteiger partial charge in [-0.3, -0.25) is 15.4 Å². The predicted octanol–water partition coefficient (Wildman–Crippen LogP) is 4.94. The molecule has 3 fully saturated rings. The van der Waals surface area contributed by atoms with Crippen molar-refractivity contribution >= 4 is 20.8 Å². The molecule has 3 aliphatic heterocycles. The van der Waals surface area contributed by atoms with Crippen LogP contribution < -0.4 is 25.4 Å². The van der Waals surface area contributed by atoms with Crippen molar-refractivity contribution in [2.75, 3.05) is 48.2 Å². The van der Waals surface area contributed by atoms with E-state index in [1.54, 1.807) is 20.6 Å². The van der Waals surface area contributed by atoms with Crippen LogP contribution in [0.4, 0.5) is 0 Å². The Morgan fingerprint density at radius 1 is 0.966 bits per heavy atom. The highest BCUT2D eigenvalue weighted by atomic mass is 31.2. The Kier molecular flexibility index (Phi) is 15.3. The molecule has 0 spiro atoms. The number of rotatable bonds is 19. The lowest BCUT2D eigenvalue weighted by molar-refractivity contribution is -0.132. The van der Waals surface area contributed by atoms with Gasteiger partial charge in [0.25, 0.3) is 8.53 Å². The molecule has 4 unspecified atom stereocenters. The van der Waals surface area contributed by atoms with Crippen molar-refractivity contribution < 1.29 is 32.8 Å². The van der Waals surface area contributed by atoms with E-state index in [9.17, 15) is 10.1 Å². The zero-order chi connectivity index (χ0) is 42.1. The van der Waals surface area contributed by atoms with Crippen LogP contribution in [0.5, 0.6) is 11.5 Å². The fourth-order valence-electron chi connectivity index (χ4n) is 7.88. The fourth-order valence-corrected chi connectivity index (χ4v) is 9.64. The average Bonchev–Trinajstić information content (AvgIpc) is 3.85. The quantitative estimate of drug-likeness (QED) is 0.0492. The Morgan fingerprint density at radius 2 is 1.58 bits per heavy atom. The number of carbonyl (C=O) groups is 1. The Morgan fingerprint density at radius 3 is 2.14 bits per heavy atom. The molecule has 0 aliphatic carbocycles. The maximum Gasteiger partial charge on any atom is 0.259 e. The number of methoxy groups -OCH3 is 2. The van der Waals surface area contributed by atoms with Gasteiger partial charge in [-0.2, -0.15) is 5.26 Å². The molecule has 0 aromatic heterocycles. The summed E-state index contributed by atoms with van der Waals surface area (Å²) in [6.45, 7) is 9.21. The number of fused-ring (bicyclic) bond motifs is 1. The van der Waals surface area contributed by atoms with E-state index in [0.29, 0.717) is 13.1 Å². The minimum absolute atomic E-state index is 0.0973. The average molecular weight is 831 g/mol. The Hall–Kier alpha value is -4.20. The van der Waals surface area contributed by atoms with Crippen molar-refractivity contribution in [3.05, 3.63) is 95.6 Å². The molecule has 15 nitrogen and oxygen atoms in total. The molecule has 3 aromatic carbocycles. The SMILES string of the molecule is COc1ccc(C(OC[C@H]2O[C@@H](N3CNC4C(=O)NC(/N=C/N(C)C)NC43)C[C@@H]2OP(OCCC#N)N(C(C)C)C(C)C)(c2ccccc2)c2ccc(OC)cc2)cc1. The largest absolute Gasteiger partial charge is 0.497 e. The topological polar surface area (TPSA) is 154 Å². The van der Waals surface area contributed by atoms with Crippen LogP contribution in [0.25, 0.3) is 0 Å². The van der Waals surface area contributed by atoms with Crippen LogP contribution in [0.1, 0.15) is 57.2 Å². The minimum Gasteiger partial charge on any atom is -0.497 e. The second-order valence-electron chi connectivity index (χ2n) is 15.5. The Balaban J connectivity index is 1.39. The molecule has 3 N–H and O–H groups in total. The number of hydrogen-bond donors (Lipinski definition) is 3. The zero-order valence-electron chi connectivity index (χ0n) is 35.3. The van der Waals surface area contributed by atoms with Crippen molar-refractivity contribution in [2.45, 2.75) is 95.2 Å². The Labute approximate surface area is 349 Å². The zero-order valence-corrected chi connectivity index (χ0v) is 36.2. The van der Waals surface area contributed by atoms with E-state index in [-0.39, 0.29) is 37.6 Å². The van der Waals surface area contributed by atoms with Gasteiger partial charge >= 0.3 is 0 Å². The minimum atomic E-state index is -1.62. The van der Waals surface area contributed by atoms with Crippen LogP contribution in [0, 0.1) is 11.3 Å². The highest BCUT2D eigenvalue weighted by Crippen LogP contribution is 2.50. The first kappa shape index (κ1) is 44.4. The molecule has 0 saturated carbocycles. The van der Waals surface area contributed by atoms with Crippen LogP contribution in [-0.2, 0) is 28.9 Å². The maximum absolute atomic E-state index is 13.3. The van der Waals surface area contributed by atoms with Gasteiger partial charge in [0.2, 0.25) is 5.91 Å². The third-order valence-electron chi connectivity index (χ3n) is 10.6. The second kappa shape index (κ2) is 20.4. The molecule has 16 heteroatoms. The number of ether oxygens (including phenoxy) is 4. The third-order valence-corrected chi connectivity index (χ3v) is 12.7. The maximum atomic E-state index is 13.3. The van der Waals surface area contributed by atoms with Crippen LogP contribution in [0.2, 0.25) is 0 Å². The van der Waals surface area contributed by atoms with E-state index in [1.165, 1.54) is 0 Å². The Bertz CT molecular complexity index is 1810. The van der Waals surface area contributed by atoms with Gasteiger partial charge in [0.1, 0.15) is 35.5 Å². The number of nitrogens with zero attached hydrogens (tertiary/aromatic N) is 5. The monoisotopic (exact) mass is 830 g/mol. The molecule has 3 heterocycles. The number of nitrogens with one attached hydrogen (secondary N) is 3. The van der Waals surface area contributed by atoms with Crippen LogP contribution >= 0.6 is 8.53 Å². The fraction of sp³-hybridized carbons (Fsp3) is 0.512. The van der Waals surface area contributed by atoms with Crippen molar-refractivity contribution in [3.63, 3.8) is 0 Å². The molecular weight excluding hydrogens is 771 g/mol. The van der Waals surface area contributed by atoms with Gasteiger partial charge in [-0.05, 0) is 68.7 Å². The van der Waals surface area contributed by atoms with Crippen molar-refractivity contribution in [3.8, 4) is 17.6 Å². The lowest BCUT2D eigenvalue weighted by atomic mass is 9.80. The van der Waals surface area contributed by atoms with Crippen LogP contribution in [0.15, 0.2) is 83.9 Å². The lowest BCUT2D eigenvalue weighted by Gasteiger charge is -2.39. The first-order valence-corrected chi connectivity index (χ1v) is 21.3. The summed E-state index contributed by atoms with van der Waals surface area (Å²) in [7, 11) is 5.43. The summed E-state index contributed by atoms with van der Waals surface area (Å²) in [4.78, 5) is 21.8. The first-order valence-electron chi connectivity index (χ1n) is 20.1. The summed E-state index contributed by atoms with van der Waals surface area (Å²) in [5.41, 5.74) is 1.61. The predicted molar refractivity (Wildman–Crippen MR) is 226 cm³/mol. The molecule has 59 heavy (non-hydrogen) atoms. The first-order chi connectivity index (χ1) is 28.5. The van der Waals surface area contributed by atoms with E-state index in [0.717, 1.165) is 28.2 Å². The molecule has 1 amide bonds. The summed E-state index contributed by atoms with van der Waals surface area (Å²) in [6.07, 6.45) is -0.199. The number of carbonyl (C=O) groups excluding carboxylic acids is 1. The van der Waals surface area contributed by atoms with E-state index in [4.69, 9.17) is 28.0 Å². The van der Waals surface area contributed by atoms with E-state index >= 15 is 0 Å². The normalized spacial score (nSPS) is 24.1. The summed E-state index contributed by atoms with van der Waals surface area (Å²) in [5.74, 6) is 1.30. The molecule has 6 rings (SSSR count). The molecular formula is C43H59N8O7P. The number of aliphatic imine (C=N–C) groups is 1. The van der Waals surface area contributed by atoms with Gasteiger partial charge in [-0.25, -0.2) is 14.6 Å². The van der Waals surface area contributed by atoms with Crippen LogP contribution in [-0.4, -0.2) is 124 Å². The lowest BCUT2D eigenvalue weighted by Crippen LogP contribution is -2.67. The second-order valence-corrected chi connectivity index (χ2v) is 16.9. The van der Waals surface area contributed by atoms with Crippen molar-refractivity contribution in [1.29, 1.82) is 5.26 Å². The highest BCUT2D eigenvalue weighted by Gasteiger charge is 2.51.